The van der Waals surface area contributed by atoms with Crippen molar-refractivity contribution in [1.29, 1.82) is 0 Å². The third-order valence-corrected chi connectivity index (χ3v) is 1.71. The zero-order chi connectivity index (χ0) is 13.3. The Bertz CT molecular complexity index is 395. The Hall–Kier alpha value is -1.60. The number of halogens is 6. The van der Waals surface area contributed by atoms with Crippen LogP contribution in [0.15, 0.2) is 18.2 Å². The largest absolute Gasteiger partial charge is 0.573 e. The highest BCUT2D eigenvalue weighted by atomic mass is 19.4. The molecule has 1 aromatic carbocycles. The van der Waals surface area contributed by atoms with Crippen molar-refractivity contribution in [3.05, 3.63) is 23.8 Å². The second kappa shape index (κ2) is 4.34. The molecule has 0 amide bonds. The first kappa shape index (κ1) is 13.5. The Morgan fingerprint density at radius 2 is 1.59 bits per heavy atom. The van der Waals surface area contributed by atoms with E-state index in [0.717, 1.165) is 7.11 Å². The maximum absolute atomic E-state index is 12.4. The van der Waals surface area contributed by atoms with Gasteiger partial charge in [-0.2, -0.15) is 13.2 Å². The summed E-state index contributed by atoms with van der Waals surface area (Å²) >= 11 is 0. The van der Waals surface area contributed by atoms with E-state index in [1.165, 1.54) is 0 Å². The van der Waals surface area contributed by atoms with Gasteiger partial charge in [-0.1, -0.05) is 0 Å². The number of methoxy groups -OCH3 is 1. The second-order valence-corrected chi connectivity index (χ2v) is 2.91. The third kappa shape index (κ3) is 3.72. The summed E-state index contributed by atoms with van der Waals surface area (Å²) in [5, 5.41) is 0. The number of alkyl halides is 6. The average molecular weight is 260 g/mol. The summed E-state index contributed by atoms with van der Waals surface area (Å²) in [7, 11) is 0.919. The van der Waals surface area contributed by atoms with E-state index in [4.69, 9.17) is 0 Å². The van der Waals surface area contributed by atoms with Crippen LogP contribution in [0, 0.1) is 0 Å². The molecule has 0 fully saturated rings. The van der Waals surface area contributed by atoms with E-state index in [1.807, 2.05) is 0 Å². The fourth-order valence-corrected chi connectivity index (χ4v) is 1.10. The topological polar surface area (TPSA) is 18.5 Å². The molecule has 96 valence electrons. The van der Waals surface area contributed by atoms with Gasteiger partial charge in [-0.15, -0.1) is 13.2 Å². The van der Waals surface area contributed by atoms with E-state index in [9.17, 15) is 26.3 Å². The van der Waals surface area contributed by atoms with E-state index in [-0.39, 0.29) is 0 Å². The molecule has 0 atom stereocenters. The highest BCUT2D eigenvalue weighted by Gasteiger charge is 2.36. The lowest BCUT2D eigenvalue weighted by Gasteiger charge is -2.14. The summed E-state index contributed by atoms with van der Waals surface area (Å²) in [5.74, 6) is -1.51. The van der Waals surface area contributed by atoms with Gasteiger partial charge in [0.1, 0.15) is 11.5 Å². The van der Waals surface area contributed by atoms with Crippen LogP contribution in [0.4, 0.5) is 26.3 Å². The third-order valence-electron chi connectivity index (χ3n) is 1.71. The lowest BCUT2D eigenvalue weighted by Crippen LogP contribution is -2.17. The fourth-order valence-electron chi connectivity index (χ4n) is 1.10. The molecule has 8 heteroatoms. The summed E-state index contributed by atoms with van der Waals surface area (Å²) < 4.78 is 80.4. The minimum atomic E-state index is -4.97. The lowest BCUT2D eigenvalue weighted by molar-refractivity contribution is -0.274. The zero-order valence-corrected chi connectivity index (χ0v) is 8.32. The molecule has 1 aromatic rings. The SMILES string of the molecule is COc1cc(OC(F)(F)F)ccc1C(F)(F)F. The molecule has 1 rings (SSSR count). The summed E-state index contributed by atoms with van der Waals surface area (Å²) in [6, 6.07) is 1.55. The molecule has 0 saturated carbocycles. The van der Waals surface area contributed by atoms with Gasteiger partial charge in [0, 0.05) is 6.07 Å². The van der Waals surface area contributed by atoms with Crippen molar-refractivity contribution in [2.45, 2.75) is 12.5 Å². The molecule has 0 aliphatic carbocycles. The van der Waals surface area contributed by atoms with Gasteiger partial charge < -0.3 is 9.47 Å². The molecule has 0 aliphatic heterocycles. The molecule has 0 unspecified atom stereocenters. The summed E-state index contributed by atoms with van der Waals surface area (Å²) in [5.41, 5.74) is -1.17. The second-order valence-electron chi connectivity index (χ2n) is 2.91. The van der Waals surface area contributed by atoms with Crippen LogP contribution in [0.2, 0.25) is 0 Å². The van der Waals surface area contributed by atoms with Crippen LogP contribution in [0.3, 0.4) is 0 Å². The van der Waals surface area contributed by atoms with Gasteiger partial charge in [0.25, 0.3) is 0 Å². The van der Waals surface area contributed by atoms with Crippen LogP contribution in [-0.4, -0.2) is 13.5 Å². The van der Waals surface area contributed by atoms with Crippen LogP contribution in [0.1, 0.15) is 5.56 Å². The van der Waals surface area contributed by atoms with Crippen LogP contribution in [-0.2, 0) is 6.18 Å². The standard InChI is InChI=1S/C9H6F6O2/c1-16-7-4-5(17-9(13,14)15)2-3-6(7)8(10,11)12/h2-4H,1H3. The molecular weight excluding hydrogens is 254 g/mol. The Balaban J connectivity index is 3.09. The number of hydrogen-bond acceptors (Lipinski definition) is 2. The molecule has 0 bridgehead atoms. The molecular formula is C9H6F6O2. The quantitative estimate of drug-likeness (QED) is 0.756. The van der Waals surface area contributed by atoms with Gasteiger partial charge in [-0.05, 0) is 12.1 Å². The maximum atomic E-state index is 12.4. The summed E-state index contributed by atoms with van der Waals surface area (Å²) in [6.45, 7) is 0. The van der Waals surface area contributed by atoms with Crippen LogP contribution >= 0.6 is 0 Å². The number of rotatable bonds is 2. The summed E-state index contributed by atoms with van der Waals surface area (Å²) in [6.07, 6.45) is -9.67. The molecule has 0 N–H and O–H groups in total. The first-order chi connectivity index (χ1) is 7.63. The Labute approximate surface area is 91.7 Å². The Morgan fingerprint density at radius 1 is 1.00 bits per heavy atom. The first-order valence-corrected chi connectivity index (χ1v) is 4.14. The van der Waals surface area contributed by atoms with E-state index in [2.05, 4.69) is 9.47 Å². The average Bonchev–Trinajstić information content (AvgIpc) is 2.13. The molecule has 0 radical (unpaired) electrons. The molecule has 0 spiro atoms. The molecule has 17 heavy (non-hydrogen) atoms. The van der Waals surface area contributed by atoms with Gasteiger partial charge >= 0.3 is 12.5 Å². The van der Waals surface area contributed by atoms with Crippen molar-refractivity contribution in [3.8, 4) is 11.5 Å². The van der Waals surface area contributed by atoms with E-state index >= 15 is 0 Å². The number of hydrogen-bond donors (Lipinski definition) is 0. The highest BCUT2D eigenvalue weighted by molar-refractivity contribution is 5.42. The number of benzene rings is 1. The Kier molecular flexibility index (Phi) is 3.44. The molecule has 0 aromatic heterocycles. The number of ether oxygens (including phenoxy) is 2. The van der Waals surface area contributed by atoms with E-state index in [1.54, 1.807) is 0 Å². The minimum Gasteiger partial charge on any atom is -0.496 e. The first-order valence-electron chi connectivity index (χ1n) is 4.14. The van der Waals surface area contributed by atoms with Crippen LogP contribution in [0.5, 0.6) is 11.5 Å². The molecule has 0 saturated heterocycles. The monoisotopic (exact) mass is 260 g/mol. The highest BCUT2D eigenvalue weighted by Crippen LogP contribution is 2.38. The van der Waals surface area contributed by atoms with Gasteiger partial charge in [0.05, 0.1) is 12.7 Å². The van der Waals surface area contributed by atoms with E-state index in [0.29, 0.717) is 18.2 Å². The fraction of sp³-hybridized carbons (Fsp3) is 0.333. The van der Waals surface area contributed by atoms with Gasteiger partial charge in [0.15, 0.2) is 0 Å². The predicted molar refractivity (Wildman–Crippen MR) is 44.7 cm³/mol. The van der Waals surface area contributed by atoms with Crippen molar-refractivity contribution in [2.75, 3.05) is 7.11 Å². The molecule has 0 aliphatic rings. The van der Waals surface area contributed by atoms with Gasteiger partial charge in [-0.25, -0.2) is 0 Å². The van der Waals surface area contributed by atoms with Crippen molar-refractivity contribution in [3.63, 3.8) is 0 Å². The van der Waals surface area contributed by atoms with Crippen molar-refractivity contribution in [2.24, 2.45) is 0 Å². The maximum Gasteiger partial charge on any atom is 0.573 e. The predicted octanol–water partition coefficient (Wildman–Crippen LogP) is 3.61. The smallest absolute Gasteiger partial charge is 0.496 e. The molecule has 0 heterocycles. The van der Waals surface area contributed by atoms with Crippen LogP contribution < -0.4 is 9.47 Å². The minimum absolute atomic E-state index is 0.458. The van der Waals surface area contributed by atoms with E-state index < -0.39 is 29.6 Å². The van der Waals surface area contributed by atoms with Crippen molar-refractivity contribution < 1.29 is 35.8 Å². The van der Waals surface area contributed by atoms with Crippen molar-refractivity contribution in [1.82, 2.24) is 0 Å². The van der Waals surface area contributed by atoms with Crippen LogP contribution in [0.25, 0.3) is 0 Å². The lowest BCUT2D eigenvalue weighted by atomic mass is 10.2. The summed E-state index contributed by atoms with van der Waals surface area (Å²) in [4.78, 5) is 0. The van der Waals surface area contributed by atoms with Gasteiger partial charge in [0.2, 0.25) is 0 Å². The zero-order valence-electron chi connectivity index (χ0n) is 8.32. The molecule has 2 nitrogen and oxygen atoms in total. The van der Waals surface area contributed by atoms with Crippen molar-refractivity contribution >= 4 is 0 Å². The van der Waals surface area contributed by atoms with Gasteiger partial charge in [-0.3, -0.25) is 0 Å². The normalized spacial score (nSPS) is 12.4. The Morgan fingerprint density at radius 3 is 2.00 bits per heavy atom.